The zero-order valence-electron chi connectivity index (χ0n) is 27.0. The second-order valence-corrected chi connectivity index (χ2v) is 12.5. The fourth-order valence-corrected chi connectivity index (χ4v) is 7.30. The number of fused-ring (bicyclic) bond motifs is 2. The zero-order valence-corrected chi connectivity index (χ0v) is 27.0. The lowest BCUT2D eigenvalue weighted by atomic mass is 9.76. The maximum Gasteiger partial charge on any atom is 0.325 e. The molecule has 0 bridgehead atoms. The maximum atomic E-state index is 14.4. The number of methoxy groups -OCH3 is 1. The van der Waals surface area contributed by atoms with E-state index in [-0.39, 0.29) is 19.6 Å². The van der Waals surface area contributed by atoms with E-state index in [1.54, 1.807) is 24.3 Å². The molecule has 5 aromatic carbocycles. The molecule has 2 heterocycles. The third-order valence-corrected chi connectivity index (χ3v) is 9.61. The number of imide groups is 1. The van der Waals surface area contributed by atoms with E-state index in [1.165, 1.54) is 12.0 Å². The predicted octanol–water partition coefficient (Wildman–Crippen LogP) is 6.45. The van der Waals surface area contributed by atoms with Gasteiger partial charge in [-0.1, -0.05) is 127 Å². The molecule has 0 spiro atoms. The lowest BCUT2D eigenvalue weighted by Gasteiger charge is -2.31. The molecule has 0 radical (unpaired) electrons. The second kappa shape index (κ2) is 13.4. The fourth-order valence-electron chi connectivity index (χ4n) is 7.30. The Morgan fingerprint density at radius 3 is 2.29 bits per heavy atom. The van der Waals surface area contributed by atoms with Crippen LogP contribution in [0.3, 0.4) is 0 Å². The van der Waals surface area contributed by atoms with Crippen LogP contribution in [0.1, 0.15) is 28.3 Å². The Morgan fingerprint density at radius 2 is 1.55 bits per heavy atom. The number of carboxylic acids is 1. The first-order valence-electron chi connectivity index (χ1n) is 16.3. The Bertz CT molecular complexity index is 2050. The Kier molecular flexibility index (Phi) is 8.72. The summed E-state index contributed by atoms with van der Waals surface area (Å²) in [5.41, 5.74) is 1.35. The largest absolute Gasteiger partial charge is 0.493 e. The van der Waals surface area contributed by atoms with Gasteiger partial charge >= 0.3 is 5.97 Å². The van der Waals surface area contributed by atoms with Crippen LogP contribution in [0.2, 0.25) is 0 Å². The van der Waals surface area contributed by atoms with Crippen molar-refractivity contribution in [1.82, 2.24) is 10.2 Å². The van der Waals surface area contributed by atoms with Crippen molar-refractivity contribution in [3.05, 3.63) is 150 Å². The van der Waals surface area contributed by atoms with Crippen LogP contribution in [0, 0.1) is 11.8 Å². The van der Waals surface area contributed by atoms with Crippen LogP contribution in [0.25, 0.3) is 16.8 Å². The average Bonchev–Trinajstić information content (AvgIpc) is 3.60. The molecule has 8 heteroatoms. The number of carboxylic acid groups (broad SMARTS) is 1. The topological polar surface area (TPSA) is 105 Å². The number of rotatable bonds is 11. The molecule has 4 atom stereocenters. The first-order valence-corrected chi connectivity index (χ1v) is 16.3. The highest BCUT2D eigenvalue weighted by atomic mass is 16.5. The van der Waals surface area contributed by atoms with E-state index >= 15 is 0 Å². The van der Waals surface area contributed by atoms with Crippen molar-refractivity contribution in [2.45, 2.75) is 24.6 Å². The number of hydrogen-bond acceptors (Lipinski definition) is 6. The van der Waals surface area contributed by atoms with Gasteiger partial charge in [-0.2, -0.15) is 0 Å². The summed E-state index contributed by atoms with van der Waals surface area (Å²) in [5, 5.41) is 16.4. The highest BCUT2D eigenvalue weighted by Crippen LogP contribution is 2.52. The van der Waals surface area contributed by atoms with Gasteiger partial charge in [0.15, 0.2) is 11.5 Å². The van der Waals surface area contributed by atoms with Gasteiger partial charge in [-0.15, -0.1) is 0 Å². The van der Waals surface area contributed by atoms with Gasteiger partial charge in [-0.05, 0) is 33.5 Å². The molecule has 2 saturated heterocycles. The van der Waals surface area contributed by atoms with Gasteiger partial charge in [0.1, 0.15) is 12.1 Å². The van der Waals surface area contributed by atoms with Crippen LogP contribution in [-0.2, 0) is 27.4 Å². The van der Waals surface area contributed by atoms with Crippen LogP contribution >= 0.6 is 0 Å². The van der Waals surface area contributed by atoms with E-state index in [9.17, 15) is 19.5 Å². The van der Waals surface area contributed by atoms with Crippen molar-refractivity contribution in [2.24, 2.45) is 11.8 Å². The number of nitrogens with zero attached hydrogens (tertiary/aromatic N) is 1. The second-order valence-electron chi connectivity index (χ2n) is 12.5. The molecule has 49 heavy (non-hydrogen) atoms. The molecule has 7 rings (SSSR count). The molecule has 2 amide bonds. The molecular formula is C41H36N2O6. The number of nitrogens with one attached hydrogen (secondary N) is 1. The highest BCUT2D eigenvalue weighted by molar-refractivity contribution is 6.09. The summed E-state index contributed by atoms with van der Waals surface area (Å²) in [4.78, 5) is 43.5. The minimum atomic E-state index is -1.79. The Balaban J connectivity index is 1.31. The lowest BCUT2D eigenvalue weighted by Crippen LogP contribution is -2.57. The van der Waals surface area contributed by atoms with Crippen molar-refractivity contribution < 1.29 is 29.0 Å². The third-order valence-electron chi connectivity index (χ3n) is 9.61. The number of carbonyl (C=O) groups excluding carboxylic acids is 2. The molecule has 0 aliphatic carbocycles. The SMILES string of the molecule is COc1cccc(C2NC(Cc3ccc4ccccc4c3)(C(=O)O)C3C(=O)N(C/C=C\c4ccccc4)C(=O)C23)c1OCc1ccccc1. The third kappa shape index (κ3) is 5.96. The van der Waals surface area contributed by atoms with Crippen LogP contribution in [0.4, 0.5) is 0 Å². The van der Waals surface area contributed by atoms with Crippen LogP contribution in [0.15, 0.2) is 127 Å². The monoisotopic (exact) mass is 652 g/mol. The summed E-state index contributed by atoms with van der Waals surface area (Å²) in [6.07, 6.45) is 3.60. The van der Waals surface area contributed by atoms with Crippen LogP contribution in [0.5, 0.6) is 11.5 Å². The van der Waals surface area contributed by atoms with E-state index in [1.807, 2.05) is 109 Å². The molecule has 8 nitrogen and oxygen atoms in total. The van der Waals surface area contributed by atoms with Gasteiger partial charge in [0.05, 0.1) is 18.9 Å². The number of benzene rings is 5. The maximum absolute atomic E-state index is 14.4. The standard InChI is InChI=1S/C41H36N2O6/c1-48-33-20-10-19-32(37(33)49-26-28-14-6-3-7-15-28)36-34-35(39(45)43(38(34)44)23-11-16-27-12-4-2-5-13-27)41(42-36,40(46)47)25-29-21-22-30-17-8-9-18-31(30)24-29/h2-22,24,34-36,42H,23,25-26H2,1H3,(H,46,47)/b16-11-. The van der Waals surface area contributed by atoms with Gasteiger partial charge in [0.2, 0.25) is 11.8 Å². The summed E-state index contributed by atoms with van der Waals surface area (Å²) in [7, 11) is 1.53. The van der Waals surface area contributed by atoms with Crippen molar-refractivity contribution in [1.29, 1.82) is 0 Å². The molecule has 0 saturated carbocycles. The number of amides is 2. The van der Waals surface area contributed by atoms with E-state index < -0.39 is 41.2 Å². The quantitative estimate of drug-likeness (QED) is 0.158. The molecule has 4 unspecified atom stereocenters. The van der Waals surface area contributed by atoms with Gasteiger partial charge in [0, 0.05) is 24.6 Å². The van der Waals surface area contributed by atoms with Gasteiger partial charge < -0.3 is 14.6 Å². The summed E-state index contributed by atoms with van der Waals surface area (Å²) in [6, 6.07) is 37.4. The molecular weight excluding hydrogens is 616 g/mol. The van der Waals surface area contributed by atoms with Crippen LogP contribution < -0.4 is 14.8 Å². The first kappa shape index (κ1) is 31.8. The van der Waals surface area contributed by atoms with Gasteiger partial charge in [-0.25, -0.2) is 0 Å². The summed E-state index contributed by atoms with van der Waals surface area (Å²) in [6.45, 7) is 0.243. The van der Waals surface area contributed by atoms with Crippen LogP contribution in [-0.4, -0.2) is 47.0 Å². The number of aliphatic carboxylic acids is 1. The predicted molar refractivity (Wildman–Crippen MR) is 187 cm³/mol. The molecule has 2 aliphatic heterocycles. The van der Waals surface area contributed by atoms with E-state index in [0.717, 1.165) is 27.5 Å². The number of carbonyl (C=O) groups is 3. The molecule has 5 aromatic rings. The summed E-state index contributed by atoms with van der Waals surface area (Å²) < 4.78 is 12.1. The van der Waals surface area contributed by atoms with Crippen molar-refractivity contribution in [3.63, 3.8) is 0 Å². The Hall–Kier alpha value is -5.73. The number of hydrogen-bond donors (Lipinski definition) is 2. The fraction of sp³-hybridized carbons (Fsp3) is 0.195. The van der Waals surface area contributed by atoms with E-state index in [0.29, 0.717) is 17.1 Å². The molecule has 246 valence electrons. The minimum absolute atomic E-state index is 0.0122. The normalized spacial score (nSPS) is 21.7. The Labute approximate surface area is 284 Å². The number of ether oxygens (including phenoxy) is 2. The van der Waals surface area contributed by atoms with Crippen molar-refractivity contribution >= 4 is 34.6 Å². The first-order chi connectivity index (χ1) is 23.9. The number of para-hydroxylation sites is 1. The van der Waals surface area contributed by atoms with E-state index in [4.69, 9.17) is 9.47 Å². The molecule has 2 N–H and O–H groups in total. The minimum Gasteiger partial charge on any atom is -0.493 e. The smallest absolute Gasteiger partial charge is 0.325 e. The average molecular weight is 653 g/mol. The zero-order chi connectivity index (χ0) is 34.0. The van der Waals surface area contributed by atoms with Gasteiger partial charge in [-0.3, -0.25) is 24.6 Å². The molecule has 2 aliphatic rings. The summed E-state index contributed by atoms with van der Waals surface area (Å²) in [5.74, 6) is -3.49. The Morgan fingerprint density at radius 1 is 0.837 bits per heavy atom. The molecule has 0 aromatic heterocycles. The highest BCUT2D eigenvalue weighted by Gasteiger charge is 2.68. The van der Waals surface area contributed by atoms with Crippen molar-refractivity contribution in [2.75, 3.05) is 13.7 Å². The number of likely N-dealkylation sites (tertiary alicyclic amines) is 1. The molecule has 2 fully saturated rings. The van der Waals surface area contributed by atoms with Crippen molar-refractivity contribution in [3.8, 4) is 11.5 Å². The van der Waals surface area contributed by atoms with E-state index in [2.05, 4.69) is 5.32 Å². The summed E-state index contributed by atoms with van der Waals surface area (Å²) >= 11 is 0. The van der Waals surface area contributed by atoms with Gasteiger partial charge in [0.25, 0.3) is 0 Å². The lowest BCUT2D eigenvalue weighted by molar-refractivity contribution is -0.151.